The minimum Gasteiger partial charge on any atom is -0.740 e. The van der Waals surface area contributed by atoms with Crippen LogP contribution in [0.15, 0.2) is 12.3 Å². The van der Waals surface area contributed by atoms with Gasteiger partial charge in [-0.25, -0.2) is 4.21 Å². The Morgan fingerprint density at radius 2 is 1.86 bits per heavy atom. The first kappa shape index (κ1) is 13.7. The molecule has 0 aromatic carbocycles. The van der Waals surface area contributed by atoms with E-state index in [4.69, 9.17) is 0 Å². The predicted octanol–water partition coefficient (Wildman–Crippen LogP) is 3.06. The number of allylic oxidation sites excluding steroid dienone is 1. The molecule has 0 aliphatic carbocycles. The second-order valence-corrected chi connectivity index (χ2v) is 3.83. The van der Waals surface area contributed by atoms with Crippen LogP contribution in [0.4, 0.5) is 0 Å². The first-order valence-corrected chi connectivity index (χ1v) is 6.18. The van der Waals surface area contributed by atoms with Gasteiger partial charge in [0.2, 0.25) is 0 Å². The van der Waals surface area contributed by atoms with Gasteiger partial charge in [0.15, 0.2) is 0 Å². The van der Waals surface area contributed by atoms with Gasteiger partial charge in [0.05, 0.1) is 6.26 Å². The van der Waals surface area contributed by atoms with E-state index in [1.165, 1.54) is 38.4 Å². The van der Waals surface area contributed by atoms with Gasteiger partial charge in [-0.1, -0.05) is 39.0 Å². The third-order valence-corrected chi connectivity index (χ3v) is 2.22. The zero-order valence-electron chi connectivity index (χ0n) is 8.74. The van der Waals surface area contributed by atoms with E-state index in [1.54, 1.807) is 6.08 Å². The third-order valence-electron chi connectivity index (χ3n) is 1.95. The molecule has 0 N–H and O–H groups in total. The fourth-order valence-electron chi connectivity index (χ4n) is 1.20. The van der Waals surface area contributed by atoms with E-state index in [0.29, 0.717) is 0 Å². The Balaban J connectivity index is 3.05. The fourth-order valence-corrected chi connectivity index (χ4v) is 1.36. The van der Waals surface area contributed by atoms with Crippen LogP contribution in [0.2, 0.25) is 0 Å². The first-order chi connectivity index (χ1) is 6.77. The van der Waals surface area contributed by atoms with Crippen LogP contribution in [-0.4, -0.2) is 8.76 Å². The van der Waals surface area contributed by atoms with Gasteiger partial charge in [-0.2, -0.15) is 0 Å². The van der Waals surface area contributed by atoms with Crippen molar-refractivity contribution in [2.45, 2.75) is 51.9 Å². The summed E-state index contributed by atoms with van der Waals surface area (Å²) >= 11 is -2.41. The van der Waals surface area contributed by atoms with Crippen molar-refractivity contribution in [1.29, 1.82) is 0 Å². The van der Waals surface area contributed by atoms with E-state index in [2.05, 4.69) is 11.1 Å². The van der Waals surface area contributed by atoms with Crippen LogP contribution in [-0.2, 0) is 15.5 Å². The molecule has 84 valence electrons. The van der Waals surface area contributed by atoms with Crippen molar-refractivity contribution in [1.82, 2.24) is 0 Å². The fraction of sp³-hybridized carbons (Fsp3) is 0.800. The molecule has 0 radical (unpaired) electrons. The third kappa shape index (κ3) is 11.6. The molecule has 0 heterocycles. The average molecular weight is 219 g/mol. The Kier molecular flexibility index (Phi) is 10.5. The van der Waals surface area contributed by atoms with E-state index in [0.717, 1.165) is 12.8 Å². The molecule has 0 amide bonds. The molecule has 1 atom stereocenters. The molecule has 0 aromatic rings. The van der Waals surface area contributed by atoms with Gasteiger partial charge in [-0.3, -0.25) is 0 Å². The van der Waals surface area contributed by atoms with Crippen LogP contribution in [0.3, 0.4) is 0 Å². The highest BCUT2D eigenvalue weighted by Crippen LogP contribution is 2.07. The lowest BCUT2D eigenvalue weighted by Crippen LogP contribution is -1.86. The molecule has 0 aliphatic rings. The summed E-state index contributed by atoms with van der Waals surface area (Å²) in [7, 11) is 0. The molecular formula is C10H19O3S-. The van der Waals surface area contributed by atoms with Crippen molar-refractivity contribution in [3.63, 3.8) is 0 Å². The van der Waals surface area contributed by atoms with Crippen molar-refractivity contribution >= 4 is 11.4 Å². The molecule has 0 spiro atoms. The van der Waals surface area contributed by atoms with E-state index < -0.39 is 11.4 Å². The highest BCUT2D eigenvalue weighted by atomic mass is 32.2. The highest BCUT2D eigenvalue weighted by molar-refractivity contribution is 7.74. The van der Waals surface area contributed by atoms with Gasteiger partial charge in [-0.05, 0) is 18.9 Å². The zero-order valence-corrected chi connectivity index (χ0v) is 9.55. The predicted molar refractivity (Wildman–Crippen MR) is 57.1 cm³/mol. The first-order valence-electron chi connectivity index (χ1n) is 5.18. The Morgan fingerprint density at radius 1 is 1.21 bits per heavy atom. The van der Waals surface area contributed by atoms with Crippen molar-refractivity contribution in [3.05, 3.63) is 12.3 Å². The smallest absolute Gasteiger partial charge is 0.138 e. The van der Waals surface area contributed by atoms with Gasteiger partial charge in [-0.15, -0.1) is 0 Å². The maximum Gasteiger partial charge on any atom is 0.138 e. The molecule has 0 saturated carbocycles. The minimum absolute atomic E-state index is 0.892. The Hall–Kier alpha value is -0.350. The zero-order chi connectivity index (χ0) is 10.6. The minimum atomic E-state index is -2.41. The standard InChI is InChI=1S/C10H20O3S/c1-2-3-4-5-6-7-8-9-10-13-14(11)12/h9-10H,2-8H2,1H3,(H,11,12)/p-1. The molecule has 14 heavy (non-hydrogen) atoms. The van der Waals surface area contributed by atoms with E-state index >= 15 is 0 Å². The summed E-state index contributed by atoms with van der Waals surface area (Å²) in [5, 5.41) is 0. The summed E-state index contributed by atoms with van der Waals surface area (Å²) in [5.41, 5.74) is 0. The van der Waals surface area contributed by atoms with Crippen LogP contribution in [0.5, 0.6) is 0 Å². The largest absolute Gasteiger partial charge is 0.740 e. The summed E-state index contributed by atoms with van der Waals surface area (Å²) in [5.74, 6) is 0. The number of rotatable bonds is 9. The van der Waals surface area contributed by atoms with Crippen molar-refractivity contribution in [2.24, 2.45) is 0 Å². The molecule has 0 fully saturated rings. The van der Waals surface area contributed by atoms with Crippen LogP contribution in [0.1, 0.15) is 51.9 Å². The number of hydrogen-bond acceptors (Lipinski definition) is 3. The Bertz CT molecular complexity index is 169. The molecule has 3 nitrogen and oxygen atoms in total. The number of hydrogen-bond donors (Lipinski definition) is 0. The van der Waals surface area contributed by atoms with Gasteiger partial charge in [0.1, 0.15) is 11.4 Å². The van der Waals surface area contributed by atoms with E-state index in [-0.39, 0.29) is 0 Å². The summed E-state index contributed by atoms with van der Waals surface area (Å²) < 4.78 is 24.1. The highest BCUT2D eigenvalue weighted by Gasteiger charge is 1.87. The van der Waals surface area contributed by atoms with Gasteiger partial charge in [0.25, 0.3) is 0 Å². The van der Waals surface area contributed by atoms with Gasteiger partial charge in [0, 0.05) is 0 Å². The molecule has 0 saturated heterocycles. The molecule has 0 aromatic heterocycles. The lowest BCUT2D eigenvalue weighted by atomic mass is 10.1. The molecule has 0 bridgehead atoms. The maximum absolute atomic E-state index is 9.93. The topological polar surface area (TPSA) is 49.4 Å². The quantitative estimate of drug-likeness (QED) is 0.340. The number of unbranched alkanes of at least 4 members (excludes halogenated alkanes) is 6. The van der Waals surface area contributed by atoms with Crippen molar-refractivity contribution < 1.29 is 12.9 Å². The second-order valence-electron chi connectivity index (χ2n) is 3.23. The SMILES string of the molecule is CCCCCCCCC=COS(=O)[O-]. The summed E-state index contributed by atoms with van der Waals surface area (Å²) in [6, 6.07) is 0. The molecule has 0 aliphatic heterocycles. The normalized spacial score (nSPS) is 13.3. The molecule has 0 rings (SSSR count). The van der Waals surface area contributed by atoms with E-state index in [9.17, 15) is 8.76 Å². The summed E-state index contributed by atoms with van der Waals surface area (Å²) in [6.45, 7) is 2.20. The van der Waals surface area contributed by atoms with Crippen molar-refractivity contribution in [2.75, 3.05) is 0 Å². The molecular weight excluding hydrogens is 200 g/mol. The Labute approximate surface area is 89.0 Å². The molecule has 1 unspecified atom stereocenters. The van der Waals surface area contributed by atoms with Gasteiger partial charge < -0.3 is 8.74 Å². The Morgan fingerprint density at radius 3 is 2.50 bits per heavy atom. The van der Waals surface area contributed by atoms with Crippen LogP contribution in [0, 0.1) is 0 Å². The van der Waals surface area contributed by atoms with Crippen LogP contribution < -0.4 is 0 Å². The summed E-state index contributed by atoms with van der Waals surface area (Å²) in [6.07, 6.45) is 11.3. The lowest BCUT2D eigenvalue weighted by Gasteiger charge is -2.00. The maximum atomic E-state index is 9.93. The lowest BCUT2D eigenvalue weighted by molar-refractivity contribution is 0.404. The van der Waals surface area contributed by atoms with Crippen LogP contribution >= 0.6 is 0 Å². The monoisotopic (exact) mass is 219 g/mol. The molecule has 4 heteroatoms. The van der Waals surface area contributed by atoms with Crippen LogP contribution in [0.25, 0.3) is 0 Å². The average Bonchev–Trinajstić information content (AvgIpc) is 2.15. The van der Waals surface area contributed by atoms with Gasteiger partial charge >= 0.3 is 0 Å². The second kappa shape index (κ2) is 10.7. The summed E-state index contributed by atoms with van der Waals surface area (Å²) in [4.78, 5) is 0. The van der Waals surface area contributed by atoms with E-state index in [1.807, 2.05) is 0 Å². The van der Waals surface area contributed by atoms with Crippen molar-refractivity contribution in [3.8, 4) is 0 Å².